The van der Waals surface area contributed by atoms with E-state index in [0.29, 0.717) is 24.9 Å². The van der Waals surface area contributed by atoms with Gasteiger partial charge < -0.3 is 9.64 Å². The molecule has 1 amide bonds. The number of anilines is 1. The topological polar surface area (TPSA) is 92.8 Å². The van der Waals surface area contributed by atoms with E-state index in [1.165, 1.54) is 12.1 Å². The monoisotopic (exact) mass is 516 g/mol. The van der Waals surface area contributed by atoms with Crippen molar-refractivity contribution in [1.29, 1.82) is 0 Å². The molecule has 2 aromatic rings. The minimum atomic E-state index is -4.24. The van der Waals surface area contributed by atoms with Gasteiger partial charge in [-0.05, 0) is 54.7 Å². The Morgan fingerprint density at radius 2 is 1.70 bits per heavy atom. The third kappa shape index (κ3) is 6.37. The second-order valence-corrected chi connectivity index (χ2v) is 10.7. The van der Waals surface area contributed by atoms with E-state index in [-0.39, 0.29) is 27.2 Å². The molecule has 1 fully saturated rings. The molecule has 1 heterocycles. The number of hydrogen-bond acceptors (Lipinski definition) is 5. The van der Waals surface area contributed by atoms with Crippen molar-refractivity contribution in [3.63, 3.8) is 0 Å². The fourth-order valence-electron chi connectivity index (χ4n) is 3.78. The molecule has 1 aliphatic heterocycles. The zero-order valence-electron chi connectivity index (χ0n) is 18.0. The Labute approximate surface area is 201 Å². The summed E-state index contributed by atoms with van der Waals surface area (Å²) in [6.45, 7) is 4.78. The van der Waals surface area contributed by atoms with E-state index < -0.39 is 33.3 Å². The molecule has 178 valence electrons. The van der Waals surface area contributed by atoms with Crippen LogP contribution in [-0.4, -0.2) is 44.9 Å². The maximum Gasteiger partial charge on any atom is 0.340 e. The van der Waals surface area contributed by atoms with Crippen molar-refractivity contribution < 1.29 is 27.1 Å². The van der Waals surface area contributed by atoms with Crippen LogP contribution in [-0.2, 0) is 19.6 Å². The first-order valence-electron chi connectivity index (χ1n) is 10.2. The van der Waals surface area contributed by atoms with E-state index in [1.54, 1.807) is 4.90 Å². The van der Waals surface area contributed by atoms with E-state index in [9.17, 15) is 22.4 Å². The standard InChI is InChI=1S/C22H23Cl2FN2O5S/c1-13-7-14(2)11-27(10-13)21(28)12-32-22(29)17-8-20(19(24)9-18(17)23)33(30,31)26-16-5-3-15(25)4-6-16/h3-6,8-9,13-14,26H,7,10-12H2,1-2H3. The summed E-state index contributed by atoms with van der Waals surface area (Å²) in [4.78, 5) is 26.3. The summed E-state index contributed by atoms with van der Waals surface area (Å²) >= 11 is 12.2. The first-order chi connectivity index (χ1) is 15.5. The summed E-state index contributed by atoms with van der Waals surface area (Å²) < 4.78 is 46.0. The molecule has 1 saturated heterocycles. The van der Waals surface area contributed by atoms with Crippen molar-refractivity contribution in [3.05, 3.63) is 57.8 Å². The smallest absolute Gasteiger partial charge is 0.340 e. The molecule has 7 nitrogen and oxygen atoms in total. The van der Waals surface area contributed by atoms with Crippen LogP contribution in [0.1, 0.15) is 30.6 Å². The minimum Gasteiger partial charge on any atom is -0.452 e. The van der Waals surface area contributed by atoms with Gasteiger partial charge >= 0.3 is 5.97 Å². The highest BCUT2D eigenvalue weighted by Gasteiger charge is 2.27. The molecule has 3 rings (SSSR count). The van der Waals surface area contributed by atoms with Gasteiger partial charge in [0, 0.05) is 18.8 Å². The molecule has 2 aromatic carbocycles. The lowest BCUT2D eigenvalue weighted by Gasteiger charge is -2.34. The molecule has 0 bridgehead atoms. The Hall–Kier alpha value is -2.36. The fraction of sp³-hybridized carbons (Fsp3) is 0.364. The zero-order chi connectivity index (χ0) is 24.3. The molecular weight excluding hydrogens is 494 g/mol. The number of amides is 1. The van der Waals surface area contributed by atoms with Crippen molar-refractivity contribution in [3.8, 4) is 0 Å². The van der Waals surface area contributed by atoms with Crippen molar-refractivity contribution >= 4 is 50.8 Å². The maximum absolute atomic E-state index is 13.1. The van der Waals surface area contributed by atoms with E-state index in [2.05, 4.69) is 18.6 Å². The average Bonchev–Trinajstić information content (AvgIpc) is 2.72. The van der Waals surface area contributed by atoms with E-state index in [0.717, 1.165) is 30.7 Å². The minimum absolute atomic E-state index is 0.0992. The van der Waals surface area contributed by atoms with Gasteiger partial charge in [0.2, 0.25) is 0 Å². The molecular formula is C22H23Cl2FN2O5S. The van der Waals surface area contributed by atoms with E-state index in [1.807, 2.05) is 0 Å². The first-order valence-corrected chi connectivity index (χ1v) is 12.4. The molecule has 0 radical (unpaired) electrons. The lowest BCUT2D eigenvalue weighted by molar-refractivity contribution is -0.137. The lowest BCUT2D eigenvalue weighted by Crippen LogP contribution is -2.44. The lowest BCUT2D eigenvalue weighted by atomic mass is 9.92. The van der Waals surface area contributed by atoms with Gasteiger partial charge in [0.15, 0.2) is 6.61 Å². The zero-order valence-corrected chi connectivity index (χ0v) is 20.3. The Balaban J connectivity index is 1.75. The van der Waals surface area contributed by atoms with Crippen LogP contribution in [0.5, 0.6) is 0 Å². The third-order valence-electron chi connectivity index (χ3n) is 5.18. The van der Waals surface area contributed by atoms with Crippen LogP contribution < -0.4 is 4.72 Å². The highest BCUT2D eigenvalue weighted by atomic mass is 35.5. The van der Waals surface area contributed by atoms with Gasteiger partial charge in [-0.25, -0.2) is 17.6 Å². The largest absolute Gasteiger partial charge is 0.452 e. The third-order valence-corrected chi connectivity index (χ3v) is 7.33. The molecule has 33 heavy (non-hydrogen) atoms. The maximum atomic E-state index is 13.1. The quantitative estimate of drug-likeness (QED) is 0.566. The molecule has 2 unspecified atom stereocenters. The molecule has 0 saturated carbocycles. The van der Waals surface area contributed by atoms with Gasteiger partial charge in [0.1, 0.15) is 10.7 Å². The number of esters is 1. The van der Waals surface area contributed by atoms with Crippen molar-refractivity contribution in [2.75, 3.05) is 24.4 Å². The molecule has 1 N–H and O–H groups in total. The highest BCUT2D eigenvalue weighted by Crippen LogP contribution is 2.30. The summed E-state index contributed by atoms with van der Waals surface area (Å²) in [7, 11) is -4.24. The predicted octanol–water partition coefficient (Wildman–Crippen LogP) is 4.59. The fourth-order valence-corrected chi connectivity index (χ4v) is 5.69. The number of piperidine rings is 1. The van der Waals surface area contributed by atoms with Crippen LogP contribution in [0.25, 0.3) is 0 Å². The van der Waals surface area contributed by atoms with Gasteiger partial charge in [-0.1, -0.05) is 37.0 Å². The summed E-state index contributed by atoms with van der Waals surface area (Å²) in [5.41, 5.74) is -0.157. The van der Waals surface area contributed by atoms with Crippen molar-refractivity contribution in [2.45, 2.75) is 25.2 Å². The van der Waals surface area contributed by atoms with Gasteiger partial charge in [-0.3, -0.25) is 9.52 Å². The second-order valence-electron chi connectivity index (χ2n) is 8.20. The van der Waals surface area contributed by atoms with E-state index in [4.69, 9.17) is 27.9 Å². The molecule has 1 aliphatic rings. The number of rotatable bonds is 6. The summed E-state index contributed by atoms with van der Waals surface area (Å²) in [5.74, 6) is -1.13. The number of nitrogens with zero attached hydrogens (tertiary/aromatic N) is 1. The van der Waals surface area contributed by atoms with Crippen LogP contribution in [0.3, 0.4) is 0 Å². The Kier molecular flexibility index (Phi) is 7.87. The number of halogens is 3. The number of sulfonamides is 1. The van der Waals surface area contributed by atoms with Crippen LogP contribution in [0.2, 0.25) is 10.0 Å². The summed E-state index contributed by atoms with van der Waals surface area (Å²) in [6, 6.07) is 6.73. The van der Waals surface area contributed by atoms with Gasteiger partial charge in [-0.2, -0.15) is 0 Å². The molecule has 2 atom stereocenters. The number of hydrogen-bond donors (Lipinski definition) is 1. The average molecular weight is 517 g/mol. The van der Waals surface area contributed by atoms with Crippen LogP contribution in [0, 0.1) is 17.7 Å². The number of ether oxygens (including phenoxy) is 1. The molecule has 0 spiro atoms. The SMILES string of the molecule is CC1CC(C)CN(C(=O)COC(=O)c2cc(S(=O)(=O)Nc3ccc(F)cc3)c(Cl)cc2Cl)C1. The second kappa shape index (κ2) is 10.3. The Morgan fingerprint density at radius 3 is 2.30 bits per heavy atom. The highest BCUT2D eigenvalue weighted by molar-refractivity contribution is 7.92. The number of carbonyl (C=O) groups excluding carboxylic acids is 2. The molecule has 0 aromatic heterocycles. The summed E-state index contributed by atoms with van der Waals surface area (Å²) in [5, 5.41) is -0.350. The van der Waals surface area contributed by atoms with E-state index >= 15 is 0 Å². The molecule has 0 aliphatic carbocycles. The molecule has 11 heteroatoms. The van der Waals surface area contributed by atoms with Gasteiger partial charge in [0.25, 0.3) is 15.9 Å². The van der Waals surface area contributed by atoms with Crippen LogP contribution in [0.4, 0.5) is 10.1 Å². The number of nitrogens with one attached hydrogen (secondary N) is 1. The van der Waals surface area contributed by atoms with Gasteiger partial charge in [-0.15, -0.1) is 0 Å². The van der Waals surface area contributed by atoms with Crippen LogP contribution >= 0.6 is 23.2 Å². The van der Waals surface area contributed by atoms with Crippen LogP contribution in [0.15, 0.2) is 41.3 Å². The first kappa shape index (κ1) is 25.3. The van der Waals surface area contributed by atoms with Gasteiger partial charge in [0.05, 0.1) is 15.6 Å². The summed E-state index contributed by atoms with van der Waals surface area (Å²) in [6.07, 6.45) is 1.02. The predicted molar refractivity (Wildman–Crippen MR) is 123 cm³/mol. The number of benzene rings is 2. The number of carbonyl (C=O) groups is 2. The van der Waals surface area contributed by atoms with Crippen molar-refractivity contribution in [1.82, 2.24) is 4.90 Å². The Bertz CT molecular complexity index is 1150. The van der Waals surface area contributed by atoms with Crippen molar-refractivity contribution in [2.24, 2.45) is 11.8 Å². The Morgan fingerprint density at radius 1 is 1.09 bits per heavy atom. The normalized spacial score (nSPS) is 18.6. The number of likely N-dealkylation sites (tertiary alicyclic amines) is 1.